The first kappa shape index (κ1) is 14.3. The van der Waals surface area contributed by atoms with Gasteiger partial charge in [0.2, 0.25) is 0 Å². The lowest BCUT2D eigenvalue weighted by molar-refractivity contribution is 0.199. The molecule has 4 heteroatoms. The molecule has 1 aromatic heterocycles. The Bertz CT molecular complexity index is 609. The summed E-state index contributed by atoms with van der Waals surface area (Å²) in [5, 5.41) is 13.3. The normalized spacial score (nSPS) is 12.1. The number of aromatic nitrogens is 1. The molecule has 0 aliphatic carbocycles. The fourth-order valence-corrected chi connectivity index (χ4v) is 2.33. The molecule has 0 aliphatic heterocycles. The van der Waals surface area contributed by atoms with Crippen LogP contribution in [0, 0.1) is 13.8 Å². The molecule has 0 spiro atoms. The Morgan fingerprint density at radius 1 is 1.25 bits per heavy atom. The van der Waals surface area contributed by atoms with Gasteiger partial charge in [-0.15, -0.1) is 0 Å². The highest BCUT2D eigenvalue weighted by atomic mass is 16.5. The average Bonchev–Trinajstić information content (AvgIpc) is 2.37. The summed E-state index contributed by atoms with van der Waals surface area (Å²) in [6.07, 6.45) is -0.573. The maximum absolute atomic E-state index is 9.95. The summed E-state index contributed by atoms with van der Waals surface area (Å²) >= 11 is 0. The lowest BCUT2D eigenvalue weighted by Crippen LogP contribution is -2.05. The van der Waals surface area contributed by atoms with E-state index < -0.39 is 6.10 Å². The molecule has 0 bridgehead atoms. The fraction of sp³-hybridized carbons (Fsp3) is 0.312. The van der Waals surface area contributed by atoms with Gasteiger partial charge in [0, 0.05) is 34.4 Å². The fourth-order valence-electron chi connectivity index (χ4n) is 2.33. The van der Waals surface area contributed by atoms with E-state index >= 15 is 0 Å². The van der Waals surface area contributed by atoms with Gasteiger partial charge in [-0.05, 0) is 39.0 Å². The van der Waals surface area contributed by atoms with Crippen LogP contribution in [0.15, 0.2) is 30.3 Å². The zero-order chi connectivity index (χ0) is 14.7. The molecule has 1 atom stereocenters. The molecule has 0 radical (unpaired) electrons. The number of nitrogens with one attached hydrogen (secondary N) is 1. The summed E-state index contributed by atoms with van der Waals surface area (Å²) in [5.74, 6) is 0.788. The second-order valence-electron chi connectivity index (χ2n) is 4.84. The third-order valence-electron chi connectivity index (χ3n) is 3.14. The van der Waals surface area contributed by atoms with E-state index in [1.165, 1.54) is 0 Å². The molecule has 20 heavy (non-hydrogen) atoms. The number of pyridine rings is 1. The van der Waals surface area contributed by atoms with E-state index in [-0.39, 0.29) is 0 Å². The third-order valence-corrected chi connectivity index (χ3v) is 3.14. The number of benzene rings is 1. The highest BCUT2D eigenvalue weighted by Crippen LogP contribution is 2.29. The lowest BCUT2D eigenvalue weighted by Gasteiger charge is -2.17. The third kappa shape index (κ3) is 3.08. The monoisotopic (exact) mass is 272 g/mol. The topological polar surface area (TPSA) is 54.4 Å². The van der Waals surface area contributed by atoms with Crippen LogP contribution in [-0.2, 0) is 0 Å². The lowest BCUT2D eigenvalue weighted by atomic mass is 10.1. The SMILES string of the molecule is COc1cccc(Nc2cc(C)nc(C)c2[C@@H](C)O)c1. The molecule has 2 N–H and O–H groups in total. The van der Waals surface area contributed by atoms with Gasteiger partial charge >= 0.3 is 0 Å². The second kappa shape index (κ2) is 5.92. The first-order valence-electron chi connectivity index (χ1n) is 6.58. The van der Waals surface area contributed by atoms with Crippen molar-refractivity contribution in [2.45, 2.75) is 26.9 Å². The van der Waals surface area contributed by atoms with Crippen molar-refractivity contribution >= 4 is 11.4 Å². The van der Waals surface area contributed by atoms with Gasteiger partial charge in [-0.25, -0.2) is 0 Å². The first-order chi connectivity index (χ1) is 9.51. The van der Waals surface area contributed by atoms with Gasteiger partial charge in [-0.1, -0.05) is 6.07 Å². The standard InChI is InChI=1S/C16H20N2O2/c1-10-8-15(16(12(3)19)11(2)17-10)18-13-6-5-7-14(9-13)20-4/h5-9,12,19H,1-4H3,(H,17,18)/t12-/m1/s1. The maximum Gasteiger partial charge on any atom is 0.120 e. The predicted octanol–water partition coefficient (Wildman–Crippen LogP) is 3.50. The number of aryl methyl sites for hydroxylation is 2. The molecule has 2 rings (SSSR count). The molecule has 0 unspecified atom stereocenters. The van der Waals surface area contributed by atoms with E-state index in [9.17, 15) is 5.11 Å². The summed E-state index contributed by atoms with van der Waals surface area (Å²) in [7, 11) is 1.64. The number of aliphatic hydroxyl groups is 1. The van der Waals surface area contributed by atoms with Crippen molar-refractivity contribution in [3.63, 3.8) is 0 Å². The van der Waals surface area contributed by atoms with Crippen molar-refractivity contribution in [2.75, 3.05) is 12.4 Å². The van der Waals surface area contributed by atoms with Crippen LogP contribution in [0.4, 0.5) is 11.4 Å². The zero-order valence-corrected chi connectivity index (χ0v) is 12.3. The molecular formula is C16H20N2O2. The quantitative estimate of drug-likeness (QED) is 0.894. The van der Waals surface area contributed by atoms with Crippen molar-refractivity contribution in [2.24, 2.45) is 0 Å². The minimum absolute atomic E-state index is 0.573. The molecule has 1 aromatic carbocycles. The number of hydrogen-bond acceptors (Lipinski definition) is 4. The van der Waals surface area contributed by atoms with E-state index in [1.807, 2.05) is 44.2 Å². The van der Waals surface area contributed by atoms with Crippen molar-refractivity contribution in [3.05, 3.63) is 47.3 Å². The Morgan fingerprint density at radius 3 is 2.65 bits per heavy atom. The van der Waals surface area contributed by atoms with Gasteiger partial charge in [0.1, 0.15) is 5.75 Å². The van der Waals surface area contributed by atoms with Crippen LogP contribution in [0.25, 0.3) is 0 Å². The van der Waals surface area contributed by atoms with Crippen molar-refractivity contribution in [1.29, 1.82) is 0 Å². The van der Waals surface area contributed by atoms with Crippen LogP contribution in [0.3, 0.4) is 0 Å². The Hall–Kier alpha value is -2.07. The molecule has 106 valence electrons. The van der Waals surface area contributed by atoms with Crippen LogP contribution in [-0.4, -0.2) is 17.2 Å². The molecule has 0 saturated heterocycles. The Balaban J connectivity index is 2.41. The number of aliphatic hydroxyl groups excluding tert-OH is 1. The molecule has 0 saturated carbocycles. The van der Waals surface area contributed by atoms with Gasteiger partial charge in [0.05, 0.1) is 13.2 Å². The molecule has 0 amide bonds. The molecule has 1 heterocycles. The average molecular weight is 272 g/mol. The highest BCUT2D eigenvalue weighted by molar-refractivity contribution is 5.66. The Kier molecular flexibility index (Phi) is 4.25. The van der Waals surface area contributed by atoms with Crippen LogP contribution in [0.1, 0.15) is 30.0 Å². The number of rotatable bonds is 4. The van der Waals surface area contributed by atoms with Crippen molar-refractivity contribution in [1.82, 2.24) is 4.98 Å². The van der Waals surface area contributed by atoms with Crippen LogP contribution >= 0.6 is 0 Å². The summed E-state index contributed by atoms with van der Waals surface area (Å²) in [6, 6.07) is 9.62. The van der Waals surface area contributed by atoms with Gasteiger partial charge in [0.15, 0.2) is 0 Å². The number of methoxy groups -OCH3 is 1. The second-order valence-corrected chi connectivity index (χ2v) is 4.84. The Morgan fingerprint density at radius 2 is 2.00 bits per heavy atom. The minimum Gasteiger partial charge on any atom is -0.497 e. The van der Waals surface area contributed by atoms with E-state index in [1.54, 1.807) is 14.0 Å². The summed E-state index contributed by atoms with van der Waals surface area (Å²) in [5.41, 5.74) is 4.36. The Labute approximate surface area is 119 Å². The van der Waals surface area contributed by atoms with E-state index in [0.717, 1.165) is 34.1 Å². The van der Waals surface area contributed by atoms with Gasteiger partial charge in [-0.3, -0.25) is 4.98 Å². The van der Waals surface area contributed by atoms with Crippen molar-refractivity contribution in [3.8, 4) is 5.75 Å². The van der Waals surface area contributed by atoms with Gasteiger partial charge in [-0.2, -0.15) is 0 Å². The zero-order valence-electron chi connectivity index (χ0n) is 12.3. The first-order valence-corrected chi connectivity index (χ1v) is 6.58. The summed E-state index contributed by atoms with van der Waals surface area (Å²) in [6.45, 7) is 5.59. The number of anilines is 2. The molecule has 0 fully saturated rings. The maximum atomic E-state index is 9.95. The van der Waals surface area contributed by atoms with E-state index in [2.05, 4.69) is 10.3 Å². The molecule has 4 nitrogen and oxygen atoms in total. The van der Waals surface area contributed by atoms with Crippen LogP contribution in [0.5, 0.6) is 5.75 Å². The predicted molar refractivity (Wildman–Crippen MR) is 80.6 cm³/mol. The molecular weight excluding hydrogens is 252 g/mol. The smallest absolute Gasteiger partial charge is 0.120 e. The largest absolute Gasteiger partial charge is 0.497 e. The van der Waals surface area contributed by atoms with Gasteiger partial charge in [0.25, 0.3) is 0 Å². The summed E-state index contributed by atoms with van der Waals surface area (Å²) < 4.78 is 5.22. The number of nitrogens with zero attached hydrogens (tertiary/aromatic N) is 1. The van der Waals surface area contributed by atoms with Crippen LogP contribution < -0.4 is 10.1 Å². The van der Waals surface area contributed by atoms with Gasteiger partial charge < -0.3 is 15.2 Å². The van der Waals surface area contributed by atoms with E-state index in [0.29, 0.717) is 0 Å². The van der Waals surface area contributed by atoms with E-state index in [4.69, 9.17) is 4.74 Å². The molecule has 2 aromatic rings. The number of ether oxygens (including phenoxy) is 1. The van der Waals surface area contributed by atoms with Crippen LogP contribution in [0.2, 0.25) is 0 Å². The highest BCUT2D eigenvalue weighted by Gasteiger charge is 2.13. The van der Waals surface area contributed by atoms with Crippen molar-refractivity contribution < 1.29 is 9.84 Å². The number of hydrogen-bond donors (Lipinski definition) is 2. The minimum atomic E-state index is -0.573. The molecule has 0 aliphatic rings. The summed E-state index contributed by atoms with van der Waals surface area (Å²) in [4.78, 5) is 4.41.